The van der Waals surface area contributed by atoms with E-state index in [0.29, 0.717) is 18.4 Å². The maximum Gasteiger partial charge on any atom is 0.159 e. The highest BCUT2D eigenvalue weighted by molar-refractivity contribution is 6.30. The third-order valence-electron chi connectivity index (χ3n) is 7.45. The Labute approximate surface area is 217 Å². The van der Waals surface area contributed by atoms with Crippen molar-refractivity contribution in [1.29, 1.82) is 0 Å². The first-order chi connectivity index (χ1) is 16.7. The fourth-order valence-electron chi connectivity index (χ4n) is 5.34. The molecule has 2 aromatic rings. The first-order valence-electron chi connectivity index (χ1n) is 13.1. The van der Waals surface area contributed by atoms with E-state index in [1.54, 1.807) is 6.92 Å². The summed E-state index contributed by atoms with van der Waals surface area (Å²) in [6.07, 6.45) is 8.55. The fourth-order valence-corrected chi connectivity index (χ4v) is 5.55. The van der Waals surface area contributed by atoms with Crippen LogP contribution in [0, 0.1) is 17.3 Å². The van der Waals surface area contributed by atoms with Crippen LogP contribution in [-0.2, 0) is 6.42 Å². The smallest absolute Gasteiger partial charge is 0.159 e. The Morgan fingerprint density at radius 1 is 1.29 bits per heavy atom. The molecule has 3 atom stereocenters. The van der Waals surface area contributed by atoms with Gasteiger partial charge in [-0.1, -0.05) is 57.0 Å². The van der Waals surface area contributed by atoms with E-state index in [4.69, 9.17) is 16.3 Å². The van der Waals surface area contributed by atoms with Gasteiger partial charge in [-0.05, 0) is 86.8 Å². The third kappa shape index (κ3) is 7.61. The highest BCUT2D eigenvalue weighted by Gasteiger charge is 2.34. The Morgan fingerprint density at radius 3 is 2.77 bits per heavy atom. The maximum atomic E-state index is 12.2. The predicted molar refractivity (Wildman–Crippen MR) is 149 cm³/mol. The summed E-state index contributed by atoms with van der Waals surface area (Å²) in [5.41, 5.74) is 3.09. The molecule has 1 aliphatic rings. The zero-order valence-corrected chi connectivity index (χ0v) is 22.7. The van der Waals surface area contributed by atoms with Crippen LogP contribution in [0.25, 0.3) is 0 Å². The Balaban J connectivity index is 1.84. The molecular formula is C31H42ClNO2. The normalized spacial score (nSPS) is 19.3. The van der Waals surface area contributed by atoms with Gasteiger partial charge >= 0.3 is 0 Å². The lowest BCUT2D eigenvalue weighted by Crippen LogP contribution is -2.41. The molecule has 0 saturated heterocycles. The van der Waals surface area contributed by atoms with E-state index in [9.17, 15) is 4.79 Å². The zero-order chi connectivity index (χ0) is 25.4. The number of allylic oxidation sites excluding steroid dienone is 1. The molecule has 3 rings (SSSR count). The number of ketones is 1. The van der Waals surface area contributed by atoms with Gasteiger partial charge in [0.1, 0.15) is 5.75 Å². The summed E-state index contributed by atoms with van der Waals surface area (Å²) in [4.78, 5) is 14.7. The molecule has 35 heavy (non-hydrogen) atoms. The maximum absolute atomic E-state index is 12.2. The quantitative estimate of drug-likeness (QED) is 0.218. The van der Waals surface area contributed by atoms with E-state index < -0.39 is 0 Å². The lowest BCUT2D eigenvalue weighted by Gasteiger charge is -2.37. The van der Waals surface area contributed by atoms with Gasteiger partial charge in [0, 0.05) is 29.1 Å². The predicted octanol–water partition coefficient (Wildman–Crippen LogP) is 8.40. The Bertz CT molecular complexity index is 1000. The number of carbonyl (C=O) groups excluding carboxylic acids is 1. The third-order valence-corrected chi connectivity index (χ3v) is 7.68. The van der Waals surface area contributed by atoms with Crippen LogP contribution in [0.15, 0.2) is 55.1 Å². The monoisotopic (exact) mass is 495 g/mol. The number of halogens is 1. The molecule has 2 aromatic carbocycles. The van der Waals surface area contributed by atoms with Crippen LogP contribution in [0.3, 0.4) is 0 Å². The first-order valence-corrected chi connectivity index (χ1v) is 13.5. The van der Waals surface area contributed by atoms with E-state index in [1.807, 2.05) is 36.4 Å². The van der Waals surface area contributed by atoms with Crippen molar-refractivity contribution >= 4 is 23.1 Å². The zero-order valence-electron chi connectivity index (χ0n) is 22.0. The second-order valence-corrected chi connectivity index (χ2v) is 11.2. The molecule has 1 aliphatic heterocycles. The number of benzene rings is 2. The number of ether oxygens (including phenoxy) is 1. The molecule has 0 aromatic heterocycles. The van der Waals surface area contributed by atoms with Gasteiger partial charge in [-0.3, -0.25) is 4.79 Å². The van der Waals surface area contributed by atoms with E-state index in [2.05, 4.69) is 44.4 Å². The lowest BCUT2D eigenvalue weighted by molar-refractivity contribution is 0.101. The summed E-state index contributed by atoms with van der Waals surface area (Å²) < 4.78 is 6.41. The van der Waals surface area contributed by atoms with Crippen molar-refractivity contribution in [2.75, 3.05) is 24.6 Å². The van der Waals surface area contributed by atoms with Gasteiger partial charge in [0.05, 0.1) is 12.3 Å². The summed E-state index contributed by atoms with van der Waals surface area (Å²) in [5.74, 6) is 2.09. The van der Waals surface area contributed by atoms with Gasteiger partial charge in [0.25, 0.3) is 0 Å². The molecule has 0 bridgehead atoms. The molecule has 0 radical (unpaired) electrons. The molecular weight excluding hydrogens is 454 g/mol. The highest BCUT2D eigenvalue weighted by atomic mass is 35.5. The topological polar surface area (TPSA) is 29.5 Å². The van der Waals surface area contributed by atoms with Crippen LogP contribution in [0.5, 0.6) is 5.75 Å². The van der Waals surface area contributed by atoms with Crippen LogP contribution >= 0.6 is 11.6 Å². The van der Waals surface area contributed by atoms with Crippen LogP contribution in [0.2, 0.25) is 5.02 Å². The average molecular weight is 496 g/mol. The molecule has 1 heterocycles. The van der Waals surface area contributed by atoms with Crippen LogP contribution < -0.4 is 9.64 Å². The number of aryl methyl sites for hydroxylation is 1. The average Bonchev–Trinajstić information content (AvgIpc) is 2.95. The molecule has 3 nitrogen and oxygen atoms in total. The van der Waals surface area contributed by atoms with Gasteiger partial charge in [0.15, 0.2) is 5.78 Å². The van der Waals surface area contributed by atoms with Crippen molar-refractivity contribution in [3.05, 3.63) is 71.3 Å². The molecule has 190 valence electrons. The largest absolute Gasteiger partial charge is 0.491 e. The Morgan fingerprint density at radius 2 is 2.09 bits per heavy atom. The van der Waals surface area contributed by atoms with Crippen LogP contribution in [0.1, 0.15) is 75.7 Å². The molecule has 3 unspecified atom stereocenters. The summed E-state index contributed by atoms with van der Waals surface area (Å²) in [5, 5.41) is 0.796. The van der Waals surface area contributed by atoms with E-state index >= 15 is 0 Å². The number of nitrogens with zero attached hydrogens (tertiary/aromatic N) is 1. The van der Waals surface area contributed by atoms with E-state index in [1.165, 1.54) is 12.0 Å². The molecule has 0 spiro atoms. The standard InChI is InChI=1S/C31H42ClNO2/c1-6-10-23(3)27(11-7-2)20-33-21-31(5,17-9-13-25-12-8-14-28(32)18-25)22-35-30-16-15-26(24(4)34)19-29(30)33/h6,8,12,14-16,18-19,23,27H,1,7,9-11,13,17,20-22H2,2-5H3. The second kappa shape index (κ2) is 12.6. The van der Waals surface area contributed by atoms with Crippen LogP contribution in [0.4, 0.5) is 5.69 Å². The number of fused-ring (bicyclic) bond motifs is 1. The minimum atomic E-state index is 0.00637. The van der Waals surface area contributed by atoms with Gasteiger partial charge in [-0.15, -0.1) is 6.58 Å². The van der Waals surface area contributed by atoms with Crippen LogP contribution in [-0.4, -0.2) is 25.5 Å². The van der Waals surface area contributed by atoms with E-state index in [0.717, 1.165) is 67.2 Å². The molecule has 4 heteroatoms. The summed E-state index contributed by atoms with van der Waals surface area (Å²) in [6, 6.07) is 14.1. The molecule has 0 N–H and O–H groups in total. The number of hydrogen-bond donors (Lipinski definition) is 0. The lowest BCUT2D eigenvalue weighted by atomic mass is 9.83. The second-order valence-electron chi connectivity index (χ2n) is 10.8. The van der Waals surface area contributed by atoms with Crippen molar-refractivity contribution in [3.63, 3.8) is 0 Å². The number of hydrogen-bond acceptors (Lipinski definition) is 3. The van der Waals surface area contributed by atoms with Crippen molar-refractivity contribution < 1.29 is 9.53 Å². The SMILES string of the molecule is C=CCC(C)C(CCC)CN1CC(C)(CCCc2cccc(Cl)c2)COc2ccc(C(C)=O)cc21. The van der Waals surface area contributed by atoms with Gasteiger partial charge in [-0.25, -0.2) is 0 Å². The number of Topliss-reactive ketones (excluding diaryl/α,β-unsaturated/α-hetero) is 1. The van der Waals surface area contributed by atoms with Crippen molar-refractivity contribution in [2.24, 2.45) is 17.3 Å². The summed E-state index contributed by atoms with van der Waals surface area (Å²) in [7, 11) is 0. The number of rotatable bonds is 12. The van der Waals surface area contributed by atoms with Gasteiger partial charge in [-0.2, -0.15) is 0 Å². The van der Waals surface area contributed by atoms with Crippen molar-refractivity contribution in [2.45, 2.75) is 66.2 Å². The molecule has 0 amide bonds. The van der Waals surface area contributed by atoms with E-state index in [-0.39, 0.29) is 11.2 Å². The number of carbonyl (C=O) groups is 1. The van der Waals surface area contributed by atoms with Gasteiger partial charge < -0.3 is 9.64 Å². The Kier molecular flexibility index (Phi) is 9.86. The van der Waals surface area contributed by atoms with Crippen molar-refractivity contribution in [3.8, 4) is 5.75 Å². The highest BCUT2D eigenvalue weighted by Crippen LogP contribution is 2.40. The van der Waals surface area contributed by atoms with Gasteiger partial charge in [0.2, 0.25) is 0 Å². The molecule has 0 fully saturated rings. The Hall–Kier alpha value is -2.26. The minimum absolute atomic E-state index is 0.00637. The molecule has 0 saturated carbocycles. The fraction of sp³-hybridized carbons (Fsp3) is 0.516. The number of anilines is 1. The molecule has 0 aliphatic carbocycles. The minimum Gasteiger partial charge on any atom is -0.491 e. The van der Waals surface area contributed by atoms with Crippen molar-refractivity contribution in [1.82, 2.24) is 0 Å². The summed E-state index contributed by atoms with van der Waals surface area (Å²) in [6.45, 7) is 15.1. The first kappa shape index (κ1) is 27.3. The summed E-state index contributed by atoms with van der Waals surface area (Å²) >= 11 is 6.19.